The zero-order chi connectivity index (χ0) is 20.4. The molecule has 2 N–H and O–H groups in total. The topological polar surface area (TPSA) is 54.9 Å². The molecule has 29 heavy (non-hydrogen) atoms. The van der Waals surface area contributed by atoms with Crippen molar-refractivity contribution in [3.63, 3.8) is 0 Å². The summed E-state index contributed by atoms with van der Waals surface area (Å²) >= 11 is 1.67. The molecule has 0 heterocycles. The zero-order valence-electron chi connectivity index (χ0n) is 17.3. The molecule has 0 bridgehead atoms. The number of rotatable bonds is 9. The maximum Gasteiger partial charge on any atom is 0.191 e. The van der Waals surface area contributed by atoms with E-state index in [9.17, 15) is 4.39 Å². The van der Waals surface area contributed by atoms with Crippen LogP contribution in [0.4, 0.5) is 4.39 Å². The summed E-state index contributed by atoms with van der Waals surface area (Å²) < 4.78 is 24.2. The van der Waals surface area contributed by atoms with E-state index in [4.69, 9.17) is 9.47 Å². The molecule has 0 aliphatic carbocycles. The molecular formula is C21H29FIN3O2S. The van der Waals surface area contributed by atoms with Gasteiger partial charge in [0.2, 0.25) is 0 Å². The van der Waals surface area contributed by atoms with E-state index in [-0.39, 0.29) is 29.8 Å². The van der Waals surface area contributed by atoms with Crippen LogP contribution in [0.25, 0.3) is 0 Å². The lowest BCUT2D eigenvalue weighted by Crippen LogP contribution is -2.38. The molecule has 0 spiro atoms. The van der Waals surface area contributed by atoms with Crippen molar-refractivity contribution in [3.8, 4) is 11.5 Å². The molecule has 0 radical (unpaired) electrons. The number of ether oxygens (including phenoxy) is 2. The Kier molecular flexibility index (Phi) is 11.8. The van der Waals surface area contributed by atoms with Crippen LogP contribution in [0.5, 0.6) is 11.5 Å². The van der Waals surface area contributed by atoms with Crippen LogP contribution in [-0.4, -0.2) is 40.0 Å². The minimum Gasteiger partial charge on any atom is -0.497 e. The molecule has 0 atom stereocenters. The van der Waals surface area contributed by atoms with Gasteiger partial charge in [-0.05, 0) is 59.7 Å². The number of thioether (sulfide) groups is 1. The lowest BCUT2D eigenvalue weighted by molar-refractivity contribution is 0.398. The Hall–Kier alpha value is -1.68. The molecule has 0 saturated heterocycles. The van der Waals surface area contributed by atoms with Crippen LogP contribution >= 0.6 is 35.7 Å². The molecular weight excluding hydrogens is 504 g/mol. The van der Waals surface area contributed by atoms with Crippen LogP contribution < -0.4 is 20.1 Å². The van der Waals surface area contributed by atoms with Crippen molar-refractivity contribution in [2.45, 2.75) is 18.7 Å². The highest BCUT2D eigenvalue weighted by Gasteiger charge is 2.07. The molecule has 0 fully saturated rings. The maximum atomic E-state index is 13.5. The van der Waals surface area contributed by atoms with E-state index in [0.717, 1.165) is 40.4 Å². The highest BCUT2D eigenvalue weighted by molar-refractivity contribution is 14.0. The summed E-state index contributed by atoms with van der Waals surface area (Å²) in [6.45, 7) is 1.27. The summed E-state index contributed by atoms with van der Waals surface area (Å²) in [6.07, 6.45) is 2.77. The minimum atomic E-state index is -0.206. The van der Waals surface area contributed by atoms with E-state index in [1.54, 1.807) is 39.1 Å². The summed E-state index contributed by atoms with van der Waals surface area (Å²) in [5.74, 6) is 2.90. The van der Waals surface area contributed by atoms with Gasteiger partial charge in [-0.15, -0.1) is 24.0 Å². The first kappa shape index (κ1) is 25.4. The zero-order valence-corrected chi connectivity index (χ0v) is 20.4. The summed E-state index contributed by atoms with van der Waals surface area (Å²) in [7, 11) is 5.04. The average molecular weight is 533 g/mol. The smallest absolute Gasteiger partial charge is 0.191 e. The Morgan fingerprint density at radius 1 is 1.03 bits per heavy atom. The highest BCUT2D eigenvalue weighted by atomic mass is 127. The molecule has 2 rings (SSSR count). The van der Waals surface area contributed by atoms with E-state index < -0.39 is 0 Å². The first-order valence-corrected chi connectivity index (χ1v) is 10.4. The Morgan fingerprint density at radius 2 is 1.83 bits per heavy atom. The first-order valence-electron chi connectivity index (χ1n) is 9.03. The number of halogens is 2. The van der Waals surface area contributed by atoms with Crippen LogP contribution in [0.2, 0.25) is 0 Å². The van der Waals surface area contributed by atoms with Crippen LogP contribution in [0, 0.1) is 5.82 Å². The van der Waals surface area contributed by atoms with Crippen molar-refractivity contribution in [1.29, 1.82) is 0 Å². The van der Waals surface area contributed by atoms with Gasteiger partial charge in [0.1, 0.15) is 17.3 Å². The fraction of sp³-hybridized carbons (Fsp3) is 0.381. The van der Waals surface area contributed by atoms with E-state index in [0.29, 0.717) is 19.0 Å². The molecule has 0 saturated carbocycles. The second-order valence-corrected chi connectivity index (χ2v) is 6.99. The summed E-state index contributed by atoms with van der Waals surface area (Å²) in [5.41, 5.74) is 3.12. The second kappa shape index (κ2) is 13.5. The average Bonchev–Trinajstić information content (AvgIpc) is 2.71. The summed E-state index contributed by atoms with van der Waals surface area (Å²) in [5, 5.41) is 6.60. The van der Waals surface area contributed by atoms with Gasteiger partial charge in [0.15, 0.2) is 5.96 Å². The molecule has 0 aromatic heterocycles. The molecule has 0 unspecified atom stereocenters. The fourth-order valence-corrected chi connectivity index (χ4v) is 3.43. The number of nitrogens with one attached hydrogen (secondary N) is 2. The largest absolute Gasteiger partial charge is 0.497 e. The number of nitrogens with zero attached hydrogens (tertiary/aromatic N) is 1. The monoisotopic (exact) mass is 533 g/mol. The number of hydrogen-bond donors (Lipinski definition) is 2. The van der Waals surface area contributed by atoms with Gasteiger partial charge < -0.3 is 20.1 Å². The van der Waals surface area contributed by atoms with Crippen molar-refractivity contribution >= 4 is 41.7 Å². The number of aliphatic imine (C=N–C) groups is 1. The Bertz CT molecular complexity index is 805. The maximum absolute atomic E-state index is 13.5. The lowest BCUT2D eigenvalue weighted by Gasteiger charge is -2.15. The van der Waals surface area contributed by atoms with Crippen LogP contribution in [0.3, 0.4) is 0 Å². The molecule has 0 aliphatic heterocycles. The predicted octanol–water partition coefficient (Wildman–Crippen LogP) is 4.23. The van der Waals surface area contributed by atoms with Gasteiger partial charge >= 0.3 is 0 Å². The van der Waals surface area contributed by atoms with E-state index in [2.05, 4.69) is 15.6 Å². The van der Waals surface area contributed by atoms with Gasteiger partial charge in [0.05, 0.1) is 14.2 Å². The molecule has 0 aliphatic rings. The molecule has 0 amide bonds. The van der Waals surface area contributed by atoms with E-state index >= 15 is 0 Å². The third-order valence-electron chi connectivity index (χ3n) is 4.31. The van der Waals surface area contributed by atoms with E-state index in [1.807, 2.05) is 30.5 Å². The number of benzene rings is 2. The van der Waals surface area contributed by atoms with Crippen LogP contribution in [0.1, 0.15) is 16.7 Å². The number of hydrogen-bond acceptors (Lipinski definition) is 4. The third-order valence-corrected chi connectivity index (χ3v) is 4.91. The summed E-state index contributed by atoms with van der Waals surface area (Å²) in [6, 6.07) is 10.7. The fourth-order valence-electron chi connectivity index (χ4n) is 2.85. The number of methoxy groups -OCH3 is 2. The Labute approximate surface area is 193 Å². The van der Waals surface area contributed by atoms with Crippen molar-refractivity contribution in [3.05, 3.63) is 58.9 Å². The second-order valence-electron chi connectivity index (χ2n) is 6.13. The predicted molar refractivity (Wildman–Crippen MR) is 130 cm³/mol. The quantitative estimate of drug-likeness (QED) is 0.287. The summed E-state index contributed by atoms with van der Waals surface area (Å²) in [4.78, 5) is 4.26. The third kappa shape index (κ3) is 7.93. The van der Waals surface area contributed by atoms with Gasteiger partial charge in [-0.3, -0.25) is 4.99 Å². The SMILES string of the molecule is CN=C(NCCc1cc(OC)ccc1OC)NCc1ccc(F)cc1CSC.I. The molecule has 8 heteroatoms. The Morgan fingerprint density at radius 3 is 2.48 bits per heavy atom. The van der Waals surface area contributed by atoms with Crippen molar-refractivity contribution < 1.29 is 13.9 Å². The number of guanidine groups is 1. The standard InChI is InChI=1S/C21H28FN3O2S.HI/c1-23-21(25-13-16-5-6-18(22)11-17(16)14-28-4)24-10-9-15-12-19(26-2)7-8-20(15)27-3;/h5-8,11-12H,9-10,13-14H2,1-4H3,(H2,23,24,25);1H. The minimum absolute atomic E-state index is 0. The van der Waals surface area contributed by atoms with Gasteiger partial charge in [-0.2, -0.15) is 11.8 Å². The van der Waals surface area contributed by atoms with Crippen molar-refractivity contribution in [2.24, 2.45) is 4.99 Å². The first-order chi connectivity index (χ1) is 13.6. The van der Waals surface area contributed by atoms with Gasteiger partial charge in [0, 0.05) is 25.9 Å². The lowest BCUT2D eigenvalue weighted by atomic mass is 10.1. The van der Waals surface area contributed by atoms with Gasteiger partial charge in [-0.1, -0.05) is 6.07 Å². The molecule has 2 aromatic carbocycles. The molecule has 5 nitrogen and oxygen atoms in total. The van der Waals surface area contributed by atoms with Crippen LogP contribution in [-0.2, 0) is 18.7 Å². The van der Waals surface area contributed by atoms with E-state index in [1.165, 1.54) is 6.07 Å². The van der Waals surface area contributed by atoms with Gasteiger partial charge in [0.25, 0.3) is 0 Å². The molecule has 160 valence electrons. The highest BCUT2D eigenvalue weighted by Crippen LogP contribution is 2.24. The van der Waals surface area contributed by atoms with Gasteiger partial charge in [-0.25, -0.2) is 4.39 Å². The molecule has 2 aromatic rings. The Balaban J connectivity index is 0.00000420. The van der Waals surface area contributed by atoms with Crippen molar-refractivity contribution in [1.82, 2.24) is 10.6 Å². The van der Waals surface area contributed by atoms with Crippen molar-refractivity contribution in [2.75, 3.05) is 34.1 Å². The normalized spacial score (nSPS) is 10.9. The van der Waals surface area contributed by atoms with Crippen LogP contribution in [0.15, 0.2) is 41.4 Å².